The molecular formula is C19H21N. The lowest BCUT2D eigenvalue weighted by molar-refractivity contribution is 0.461. The van der Waals surface area contributed by atoms with Gasteiger partial charge >= 0.3 is 0 Å². The Labute approximate surface area is 121 Å². The van der Waals surface area contributed by atoms with Crippen LogP contribution in [0.1, 0.15) is 49.4 Å². The SMILES string of the molecule is CCCCCN1C2c3ccccc3-c3ccccc3C21. The van der Waals surface area contributed by atoms with Gasteiger partial charge in [0.25, 0.3) is 0 Å². The van der Waals surface area contributed by atoms with E-state index in [1.165, 1.54) is 48.1 Å². The number of benzene rings is 2. The Bertz CT molecular complexity index is 580. The van der Waals surface area contributed by atoms with Crippen molar-refractivity contribution in [2.75, 3.05) is 6.54 Å². The average Bonchev–Trinajstić information content (AvgIpc) is 3.23. The Morgan fingerprint density at radius 2 is 1.35 bits per heavy atom. The number of hydrogen-bond acceptors (Lipinski definition) is 1. The molecule has 20 heavy (non-hydrogen) atoms. The summed E-state index contributed by atoms with van der Waals surface area (Å²) in [6.45, 7) is 3.52. The highest BCUT2D eigenvalue weighted by Gasteiger charge is 2.52. The van der Waals surface area contributed by atoms with E-state index in [1.54, 1.807) is 0 Å². The number of rotatable bonds is 4. The van der Waals surface area contributed by atoms with Crippen molar-refractivity contribution in [3.63, 3.8) is 0 Å². The molecule has 1 aliphatic carbocycles. The topological polar surface area (TPSA) is 3.01 Å². The summed E-state index contributed by atoms with van der Waals surface area (Å²) in [5.74, 6) is 0. The van der Waals surface area contributed by atoms with E-state index >= 15 is 0 Å². The van der Waals surface area contributed by atoms with Crippen LogP contribution >= 0.6 is 0 Å². The van der Waals surface area contributed by atoms with Crippen molar-refractivity contribution < 1.29 is 0 Å². The molecule has 0 aromatic heterocycles. The molecule has 1 aliphatic heterocycles. The van der Waals surface area contributed by atoms with E-state index in [0.29, 0.717) is 12.1 Å². The van der Waals surface area contributed by atoms with Gasteiger partial charge < -0.3 is 0 Å². The van der Waals surface area contributed by atoms with Crippen molar-refractivity contribution in [1.82, 2.24) is 4.90 Å². The number of unbranched alkanes of at least 4 members (excludes halogenated alkanes) is 2. The molecule has 1 heteroatoms. The highest BCUT2D eigenvalue weighted by molar-refractivity contribution is 5.76. The minimum atomic E-state index is 0.637. The molecule has 2 aromatic rings. The minimum absolute atomic E-state index is 0.637. The van der Waals surface area contributed by atoms with E-state index in [0.717, 1.165) is 0 Å². The van der Waals surface area contributed by atoms with Crippen LogP contribution in [0.4, 0.5) is 0 Å². The van der Waals surface area contributed by atoms with Crippen LogP contribution in [0.2, 0.25) is 0 Å². The van der Waals surface area contributed by atoms with E-state index in [-0.39, 0.29) is 0 Å². The molecule has 1 saturated heterocycles. The molecular weight excluding hydrogens is 242 g/mol. The zero-order chi connectivity index (χ0) is 13.5. The van der Waals surface area contributed by atoms with Crippen LogP contribution in [-0.2, 0) is 0 Å². The molecule has 1 nitrogen and oxygen atoms in total. The monoisotopic (exact) mass is 263 g/mol. The van der Waals surface area contributed by atoms with Gasteiger partial charge in [0.15, 0.2) is 0 Å². The highest BCUT2D eigenvalue weighted by atomic mass is 15.4. The van der Waals surface area contributed by atoms with Crippen molar-refractivity contribution in [2.24, 2.45) is 0 Å². The smallest absolute Gasteiger partial charge is 0.0558 e. The fraction of sp³-hybridized carbons (Fsp3) is 0.368. The third kappa shape index (κ3) is 1.73. The van der Waals surface area contributed by atoms with Crippen molar-refractivity contribution in [3.05, 3.63) is 59.7 Å². The molecule has 2 atom stereocenters. The molecule has 0 saturated carbocycles. The van der Waals surface area contributed by atoms with Crippen molar-refractivity contribution in [3.8, 4) is 11.1 Å². The second-order valence-corrected chi connectivity index (χ2v) is 6.01. The van der Waals surface area contributed by atoms with Crippen LogP contribution in [0.3, 0.4) is 0 Å². The predicted octanol–water partition coefficient (Wildman–Crippen LogP) is 4.96. The van der Waals surface area contributed by atoms with E-state index in [9.17, 15) is 0 Å². The largest absolute Gasteiger partial charge is 0.285 e. The quantitative estimate of drug-likeness (QED) is 0.557. The second kappa shape index (κ2) is 4.75. The summed E-state index contributed by atoms with van der Waals surface area (Å²) >= 11 is 0. The molecule has 0 amide bonds. The van der Waals surface area contributed by atoms with Crippen LogP contribution in [0.25, 0.3) is 11.1 Å². The predicted molar refractivity (Wildman–Crippen MR) is 83.6 cm³/mol. The van der Waals surface area contributed by atoms with Crippen LogP contribution in [0.5, 0.6) is 0 Å². The number of fused-ring (bicyclic) bond motifs is 6. The first-order valence-electron chi connectivity index (χ1n) is 7.86. The molecule has 0 radical (unpaired) electrons. The van der Waals surface area contributed by atoms with E-state index < -0.39 is 0 Å². The summed E-state index contributed by atoms with van der Waals surface area (Å²) in [6, 6.07) is 19.2. The molecule has 0 N–H and O–H groups in total. The van der Waals surface area contributed by atoms with Gasteiger partial charge in [0.05, 0.1) is 12.1 Å². The van der Waals surface area contributed by atoms with Gasteiger partial charge in [-0.3, -0.25) is 4.90 Å². The lowest BCUT2D eigenvalue weighted by atomic mass is 9.86. The van der Waals surface area contributed by atoms with Gasteiger partial charge in [-0.2, -0.15) is 0 Å². The Morgan fingerprint density at radius 1 is 0.800 bits per heavy atom. The summed E-state index contributed by atoms with van der Waals surface area (Å²) < 4.78 is 0. The van der Waals surface area contributed by atoms with E-state index in [2.05, 4.69) is 60.4 Å². The Kier molecular flexibility index (Phi) is 2.89. The molecule has 1 heterocycles. The second-order valence-electron chi connectivity index (χ2n) is 6.01. The summed E-state index contributed by atoms with van der Waals surface area (Å²) in [5, 5.41) is 0. The van der Waals surface area contributed by atoms with Gasteiger partial charge in [-0.05, 0) is 35.2 Å². The van der Waals surface area contributed by atoms with Crippen molar-refractivity contribution >= 4 is 0 Å². The summed E-state index contributed by atoms with van der Waals surface area (Å²) in [4.78, 5) is 2.68. The van der Waals surface area contributed by atoms with Gasteiger partial charge in [-0.15, -0.1) is 0 Å². The first-order valence-corrected chi connectivity index (χ1v) is 7.86. The maximum Gasteiger partial charge on any atom is 0.0558 e. The van der Waals surface area contributed by atoms with E-state index in [4.69, 9.17) is 0 Å². The lowest BCUT2D eigenvalue weighted by Gasteiger charge is -2.16. The third-order valence-electron chi connectivity index (χ3n) is 4.79. The molecule has 2 aromatic carbocycles. The van der Waals surface area contributed by atoms with Crippen LogP contribution < -0.4 is 0 Å². The van der Waals surface area contributed by atoms with Crippen molar-refractivity contribution in [2.45, 2.75) is 38.3 Å². The summed E-state index contributed by atoms with van der Waals surface area (Å²) in [5.41, 5.74) is 5.96. The molecule has 1 fully saturated rings. The number of nitrogens with zero attached hydrogens (tertiary/aromatic N) is 1. The zero-order valence-corrected chi connectivity index (χ0v) is 12.0. The van der Waals surface area contributed by atoms with Crippen LogP contribution in [-0.4, -0.2) is 11.4 Å². The molecule has 0 bridgehead atoms. The fourth-order valence-corrected chi connectivity index (χ4v) is 3.80. The standard InChI is InChI=1S/C19H21N/c1-2-3-8-13-20-18-16-11-6-4-9-14(16)15-10-5-7-12-17(15)19(18)20/h4-7,9-12,18-19H,2-3,8,13H2,1H3. The third-order valence-corrected chi connectivity index (χ3v) is 4.79. The minimum Gasteiger partial charge on any atom is -0.285 e. The zero-order valence-electron chi connectivity index (χ0n) is 12.0. The molecule has 0 spiro atoms. The first kappa shape index (κ1) is 12.2. The van der Waals surface area contributed by atoms with Gasteiger partial charge in [-0.1, -0.05) is 68.3 Å². The van der Waals surface area contributed by atoms with Crippen molar-refractivity contribution in [1.29, 1.82) is 0 Å². The molecule has 102 valence electrons. The summed E-state index contributed by atoms with van der Waals surface area (Å²) in [6.07, 6.45) is 3.98. The Morgan fingerprint density at radius 3 is 1.90 bits per heavy atom. The van der Waals surface area contributed by atoms with Gasteiger partial charge in [-0.25, -0.2) is 0 Å². The van der Waals surface area contributed by atoms with Gasteiger partial charge in [0.1, 0.15) is 0 Å². The van der Waals surface area contributed by atoms with Gasteiger partial charge in [0.2, 0.25) is 0 Å². The summed E-state index contributed by atoms with van der Waals surface area (Å²) in [7, 11) is 0. The average molecular weight is 263 g/mol. The Hall–Kier alpha value is -1.60. The number of hydrogen-bond donors (Lipinski definition) is 0. The normalized spacial score (nSPS) is 25.6. The van der Waals surface area contributed by atoms with Gasteiger partial charge in [0, 0.05) is 0 Å². The highest BCUT2D eigenvalue weighted by Crippen LogP contribution is 2.61. The molecule has 4 rings (SSSR count). The molecule has 2 unspecified atom stereocenters. The van der Waals surface area contributed by atoms with Crippen LogP contribution in [0.15, 0.2) is 48.5 Å². The van der Waals surface area contributed by atoms with E-state index in [1.807, 2.05) is 0 Å². The fourth-order valence-electron chi connectivity index (χ4n) is 3.80. The maximum atomic E-state index is 2.68. The molecule has 2 aliphatic rings. The Balaban J connectivity index is 1.72. The first-order chi connectivity index (χ1) is 9.92. The maximum absolute atomic E-state index is 2.68. The lowest BCUT2D eigenvalue weighted by Crippen LogP contribution is -2.01. The van der Waals surface area contributed by atoms with Crippen LogP contribution in [0, 0.1) is 0 Å².